The molecular formula is C21H17F3N4O. The van der Waals surface area contributed by atoms with Crippen molar-refractivity contribution in [3.8, 4) is 22.4 Å². The van der Waals surface area contributed by atoms with Gasteiger partial charge in [-0.05, 0) is 42.8 Å². The fourth-order valence-corrected chi connectivity index (χ4v) is 3.50. The third-order valence-electron chi connectivity index (χ3n) is 4.75. The molecule has 0 spiro atoms. The zero-order valence-corrected chi connectivity index (χ0v) is 15.4. The molecular weight excluding hydrogens is 381 g/mol. The number of halogens is 3. The Bertz CT molecular complexity index is 1210. The van der Waals surface area contributed by atoms with Gasteiger partial charge in [0.05, 0.1) is 17.9 Å². The van der Waals surface area contributed by atoms with Gasteiger partial charge in [-0.1, -0.05) is 6.07 Å². The van der Waals surface area contributed by atoms with Crippen LogP contribution in [-0.4, -0.2) is 20.1 Å². The fraction of sp³-hybridized carbons (Fsp3) is 0.143. The number of aryl methyl sites for hydroxylation is 1. The first-order valence-corrected chi connectivity index (χ1v) is 8.79. The van der Waals surface area contributed by atoms with Crippen molar-refractivity contribution >= 4 is 16.7 Å². The minimum atomic E-state index is -4.49. The van der Waals surface area contributed by atoms with Crippen LogP contribution in [0.25, 0.3) is 33.4 Å². The normalized spacial score (nSPS) is 11.9. The van der Waals surface area contributed by atoms with Gasteiger partial charge in [0, 0.05) is 45.9 Å². The first-order chi connectivity index (χ1) is 13.8. The summed E-state index contributed by atoms with van der Waals surface area (Å²) in [5.74, 6) is 0. The van der Waals surface area contributed by atoms with Crippen molar-refractivity contribution in [1.29, 1.82) is 0 Å². The smallest absolute Gasteiger partial charge is 0.399 e. The summed E-state index contributed by atoms with van der Waals surface area (Å²) in [5.41, 5.74) is 8.89. The van der Waals surface area contributed by atoms with E-state index >= 15 is 0 Å². The molecule has 5 nitrogen and oxygen atoms in total. The first kappa shape index (κ1) is 18.9. The highest BCUT2D eigenvalue weighted by Gasteiger charge is 2.36. The van der Waals surface area contributed by atoms with E-state index in [0.717, 1.165) is 0 Å². The number of pyridine rings is 2. The lowest BCUT2D eigenvalue weighted by Gasteiger charge is -2.11. The van der Waals surface area contributed by atoms with Crippen LogP contribution in [0.4, 0.5) is 18.9 Å². The third kappa shape index (κ3) is 3.42. The number of nitrogens with zero attached hydrogens (tertiary/aromatic N) is 2. The Hall–Kier alpha value is -3.39. The van der Waals surface area contributed by atoms with Gasteiger partial charge in [0.15, 0.2) is 0 Å². The molecule has 0 aliphatic heterocycles. The Labute approximate surface area is 164 Å². The topological polar surface area (TPSA) is 87.8 Å². The van der Waals surface area contributed by atoms with Crippen LogP contribution in [0.5, 0.6) is 0 Å². The van der Waals surface area contributed by atoms with Crippen molar-refractivity contribution in [3.63, 3.8) is 0 Å². The summed E-state index contributed by atoms with van der Waals surface area (Å²) in [5, 5.41) is 9.58. The lowest BCUT2D eigenvalue weighted by Crippen LogP contribution is -2.05. The van der Waals surface area contributed by atoms with Gasteiger partial charge in [-0.15, -0.1) is 0 Å². The molecule has 29 heavy (non-hydrogen) atoms. The molecule has 0 saturated heterocycles. The van der Waals surface area contributed by atoms with Crippen LogP contribution in [0, 0.1) is 6.92 Å². The molecule has 0 aliphatic rings. The third-order valence-corrected chi connectivity index (χ3v) is 4.75. The van der Waals surface area contributed by atoms with E-state index < -0.39 is 11.7 Å². The number of aromatic nitrogens is 3. The van der Waals surface area contributed by atoms with Gasteiger partial charge in [-0.2, -0.15) is 13.2 Å². The number of alkyl halides is 3. The highest BCUT2D eigenvalue weighted by molar-refractivity contribution is 5.87. The predicted octanol–water partition coefficient (Wildman–Crippen LogP) is 4.69. The van der Waals surface area contributed by atoms with E-state index in [1.807, 2.05) is 0 Å². The standard InChI is InChI=1S/C21H17F3N4O/c1-11-18(21(22,23)24)17-8-15(9-27-20(17)28-11)13-5-14(7-16(25)6-13)19-12(10-29)3-2-4-26-19/h2-9,29H,10,25H2,1H3,(H,27,28). The summed E-state index contributed by atoms with van der Waals surface area (Å²) in [6.07, 6.45) is -1.39. The average Bonchev–Trinajstić information content (AvgIpc) is 3.02. The van der Waals surface area contributed by atoms with Crippen LogP contribution in [0.1, 0.15) is 16.8 Å². The Kier molecular flexibility index (Phi) is 4.50. The lowest BCUT2D eigenvalue weighted by atomic mass is 9.98. The monoisotopic (exact) mass is 398 g/mol. The Balaban J connectivity index is 1.89. The largest absolute Gasteiger partial charge is 0.418 e. The number of anilines is 1. The fourth-order valence-electron chi connectivity index (χ4n) is 3.50. The number of fused-ring (bicyclic) bond motifs is 1. The predicted molar refractivity (Wildman–Crippen MR) is 105 cm³/mol. The maximum atomic E-state index is 13.5. The highest BCUT2D eigenvalue weighted by Crippen LogP contribution is 2.38. The molecule has 148 valence electrons. The van der Waals surface area contributed by atoms with Gasteiger partial charge in [-0.25, -0.2) is 4.98 Å². The second-order valence-electron chi connectivity index (χ2n) is 6.76. The second-order valence-corrected chi connectivity index (χ2v) is 6.76. The molecule has 3 aromatic heterocycles. The summed E-state index contributed by atoms with van der Waals surface area (Å²) < 4.78 is 40.4. The molecule has 3 heterocycles. The van der Waals surface area contributed by atoms with Crippen molar-refractivity contribution < 1.29 is 18.3 Å². The first-order valence-electron chi connectivity index (χ1n) is 8.79. The van der Waals surface area contributed by atoms with Gasteiger partial charge < -0.3 is 15.8 Å². The number of hydrogen-bond donors (Lipinski definition) is 3. The van der Waals surface area contributed by atoms with E-state index in [0.29, 0.717) is 33.6 Å². The zero-order chi connectivity index (χ0) is 20.8. The van der Waals surface area contributed by atoms with E-state index in [1.54, 1.807) is 36.5 Å². The minimum absolute atomic E-state index is 0.00496. The zero-order valence-electron chi connectivity index (χ0n) is 15.4. The highest BCUT2D eigenvalue weighted by atomic mass is 19.4. The molecule has 0 atom stereocenters. The molecule has 0 fully saturated rings. The summed E-state index contributed by atoms with van der Waals surface area (Å²) >= 11 is 0. The SMILES string of the molecule is Cc1[nH]c2ncc(-c3cc(N)cc(-c4ncccc4CO)c3)cc2c1C(F)(F)F. The summed E-state index contributed by atoms with van der Waals surface area (Å²) in [7, 11) is 0. The maximum Gasteiger partial charge on any atom is 0.418 e. The quantitative estimate of drug-likeness (QED) is 0.437. The number of aliphatic hydroxyl groups excluding tert-OH is 1. The van der Waals surface area contributed by atoms with Crippen molar-refractivity contribution in [3.05, 3.63) is 65.6 Å². The Morgan fingerprint density at radius 3 is 2.55 bits per heavy atom. The number of rotatable bonds is 3. The van der Waals surface area contributed by atoms with Crippen LogP contribution in [-0.2, 0) is 12.8 Å². The van der Waals surface area contributed by atoms with Gasteiger partial charge >= 0.3 is 6.18 Å². The summed E-state index contributed by atoms with van der Waals surface area (Å²) in [4.78, 5) is 11.2. The summed E-state index contributed by atoms with van der Waals surface area (Å²) in [6, 6.07) is 10.1. The van der Waals surface area contributed by atoms with E-state index in [1.165, 1.54) is 19.2 Å². The molecule has 0 unspecified atom stereocenters. The number of H-pyrrole nitrogens is 1. The van der Waals surface area contributed by atoms with E-state index in [4.69, 9.17) is 5.73 Å². The molecule has 0 radical (unpaired) electrons. The Morgan fingerprint density at radius 1 is 1.07 bits per heavy atom. The van der Waals surface area contributed by atoms with Gasteiger partial charge in [-0.3, -0.25) is 4.98 Å². The van der Waals surface area contributed by atoms with Crippen LogP contribution >= 0.6 is 0 Å². The maximum absolute atomic E-state index is 13.5. The number of nitrogens with one attached hydrogen (secondary N) is 1. The van der Waals surface area contributed by atoms with Crippen LogP contribution in [0.3, 0.4) is 0 Å². The van der Waals surface area contributed by atoms with Crippen molar-refractivity contribution in [2.45, 2.75) is 19.7 Å². The van der Waals surface area contributed by atoms with Crippen LogP contribution in [0.2, 0.25) is 0 Å². The molecule has 1 aromatic carbocycles. The molecule has 4 N–H and O–H groups in total. The van der Waals surface area contributed by atoms with Gasteiger partial charge in [0.25, 0.3) is 0 Å². The van der Waals surface area contributed by atoms with Gasteiger partial charge in [0.1, 0.15) is 5.65 Å². The molecule has 0 bridgehead atoms. The number of hydrogen-bond acceptors (Lipinski definition) is 4. The van der Waals surface area contributed by atoms with E-state index in [-0.39, 0.29) is 23.3 Å². The molecule has 0 amide bonds. The number of aromatic amines is 1. The summed E-state index contributed by atoms with van der Waals surface area (Å²) in [6.45, 7) is 1.18. The van der Waals surface area contributed by atoms with Crippen molar-refractivity contribution in [2.24, 2.45) is 0 Å². The number of benzene rings is 1. The molecule has 8 heteroatoms. The molecule has 0 aliphatic carbocycles. The van der Waals surface area contributed by atoms with E-state index in [2.05, 4.69) is 15.0 Å². The lowest BCUT2D eigenvalue weighted by molar-refractivity contribution is -0.136. The van der Waals surface area contributed by atoms with Crippen LogP contribution < -0.4 is 5.73 Å². The molecule has 4 rings (SSSR count). The van der Waals surface area contributed by atoms with Gasteiger partial charge in [0.2, 0.25) is 0 Å². The number of nitrogen functional groups attached to an aromatic ring is 1. The average molecular weight is 398 g/mol. The van der Waals surface area contributed by atoms with E-state index in [9.17, 15) is 18.3 Å². The Morgan fingerprint density at radius 2 is 1.83 bits per heavy atom. The number of nitrogens with two attached hydrogens (primary N) is 1. The molecule has 4 aromatic rings. The van der Waals surface area contributed by atoms with Crippen molar-refractivity contribution in [1.82, 2.24) is 15.0 Å². The van der Waals surface area contributed by atoms with Crippen molar-refractivity contribution in [2.75, 3.05) is 5.73 Å². The molecule has 0 saturated carbocycles. The number of aliphatic hydroxyl groups is 1. The van der Waals surface area contributed by atoms with Crippen LogP contribution in [0.15, 0.2) is 48.8 Å². The minimum Gasteiger partial charge on any atom is -0.399 e. The second kappa shape index (κ2) is 6.89.